The van der Waals surface area contributed by atoms with E-state index in [2.05, 4.69) is 10.0 Å². The molecule has 0 bridgehead atoms. The molecule has 8 heteroatoms. The van der Waals surface area contributed by atoms with Gasteiger partial charge in [0.25, 0.3) is 5.69 Å². The number of nitro groups is 1. The van der Waals surface area contributed by atoms with E-state index in [9.17, 15) is 18.5 Å². The van der Waals surface area contributed by atoms with Crippen molar-refractivity contribution in [2.75, 3.05) is 12.4 Å². The number of hydrogen-bond acceptors (Lipinski definition) is 5. The second-order valence-electron chi connectivity index (χ2n) is 5.54. The molecule has 0 unspecified atom stereocenters. The molecule has 0 spiro atoms. The Bertz CT molecular complexity index is 838. The van der Waals surface area contributed by atoms with E-state index in [1.165, 1.54) is 19.2 Å². The number of sulfonamides is 1. The van der Waals surface area contributed by atoms with Crippen LogP contribution in [0.2, 0.25) is 0 Å². The summed E-state index contributed by atoms with van der Waals surface area (Å²) in [7, 11) is -2.48. The summed E-state index contributed by atoms with van der Waals surface area (Å²) >= 11 is 0. The molecule has 2 aromatic rings. The van der Waals surface area contributed by atoms with Crippen molar-refractivity contribution in [1.82, 2.24) is 4.72 Å². The van der Waals surface area contributed by atoms with Crippen molar-refractivity contribution in [3.63, 3.8) is 0 Å². The molecule has 0 aliphatic heterocycles. The summed E-state index contributed by atoms with van der Waals surface area (Å²) in [6.45, 7) is 2.04. The van der Waals surface area contributed by atoms with Gasteiger partial charge in [0.15, 0.2) is 0 Å². The van der Waals surface area contributed by atoms with Crippen LogP contribution in [0.1, 0.15) is 31.4 Å². The molecular weight excluding hydrogens is 342 g/mol. The molecule has 0 amide bonds. The van der Waals surface area contributed by atoms with Crippen LogP contribution < -0.4 is 10.0 Å². The van der Waals surface area contributed by atoms with Gasteiger partial charge in [-0.25, -0.2) is 13.1 Å². The van der Waals surface area contributed by atoms with Gasteiger partial charge in [0.1, 0.15) is 5.69 Å². The van der Waals surface area contributed by atoms with Crippen molar-refractivity contribution in [3.05, 3.63) is 64.2 Å². The van der Waals surface area contributed by atoms with Crippen LogP contribution in [0.25, 0.3) is 0 Å². The minimum atomic E-state index is -3.74. The molecule has 0 heterocycles. The average molecular weight is 363 g/mol. The highest BCUT2D eigenvalue weighted by molar-refractivity contribution is 7.89. The Hall–Kier alpha value is -2.45. The van der Waals surface area contributed by atoms with Crippen LogP contribution in [0.15, 0.2) is 53.4 Å². The predicted octanol–water partition coefficient (Wildman–Crippen LogP) is 3.46. The van der Waals surface area contributed by atoms with E-state index in [0.29, 0.717) is 5.69 Å². The summed E-state index contributed by atoms with van der Waals surface area (Å²) in [6, 6.07) is 13.4. The third-order valence-corrected chi connectivity index (χ3v) is 5.27. The van der Waals surface area contributed by atoms with E-state index in [1.807, 2.05) is 37.3 Å². The zero-order valence-electron chi connectivity index (χ0n) is 14.1. The van der Waals surface area contributed by atoms with E-state index < -0.39 is 14.9 Å². The quantitative estimate of drug-likeness (QED) is 0.552. The lowest BCUT2D eigenvalue weighted by Crippen LogP contribution is -2.19. The van der Waals surface area contributed by atoms with Crippen LogP contribution in [-0.4, -0.2) is 20.4 Å². The van der Waals surface area contributed by atoms with Crippen LogP contribution >= 0.6 is 0 Å². The standard InChI is InChI=1S/C17H21N3O4S/c1-3-7-15(13-8-5-4-6-9-13)19-16-11-10-14(25(23,24)18-2)12-17(16)20(21)22/h4-6,8-12,15,18-19H,3,7H2,1-2H3/t15-/m0/s1. The number of benzene rings is 2. The maximum absolute atomic E-state index is 11.9. The van der Waals surface area contributed by atoms with Gasteiger partial charge in [-0.1, -0.05) is 43.7 Å². The van der Waals surface area contributed by atoms with Gasteiger partial charge in [-0.3, -0.25) is 10.1 Å². The summed E-state index contributed by atoms with van der Waals surface area (Å²) in [6.07, 6.45) is 1.68. The van der Waals surface area contributed by atoms with Crippen LogP contribution in [0.4, 0.5) is 11.4 Å². The average Bonchev–Trinajstić information content (AvgIpc) is 2.62. The zero-order valence-corrected chi connectivity index (χ0v) is 14.9. The van der Waals surface area contributed by atoms with Crippen LogP contribution in [0.5, 0.6) is 0 Å². The van der Waals surface area contributed by atoms with Crippen LogP contribution in [0, 0.1) is 10.1 Å². The van der Waals surface area contributed by atoms with E-state index in [-0.39, 0.29) is 16.6 Å². The van der Waals surface area contributed by atoms with Crippen molar-refractivity contribution < 1.29 is 13.3 Å². The van der Waals surface area contributed by atoms with Crippen LogP contribution in [0.3, 0.4) is 0 Å². The molecule has 0 saturated carbocycles. The van der Waals surface area contributed by atoms with Gasteiger partial charge in [-0.2, -0.15) is 0 Å². The minimum Gasteiger partial charge on any atom is -0.373 e. The fraction of sp³-hybridized carbons (Fsp3) is 0.294. The highest BCUT2D eigenvalue weighted by Gasteiger charge is 2.22. The summed E-state index contributed by atoms with van der Waals surface area (Å²) in [5.74, 6) is 0. The fourth-order valence-corrected chi connectivity index (χ4v) is 3.30. The monoisotopic (exact) mass is 363 g/mol. The van der Waals surface area contributed by atoms with Crippen molar-refractivity contribution in [2.24, 2.45) is 0 Å². The first-order valence-corrected chi connectivity index (χ1v) is 9.40. The normalized spacial score (nSPS) is 12.6. The molecule has 2 aromatic carbocycles. The summed E-state index contributed by atoms with van der Waals surface area (Å²) < 4.78 is 25.9. The summed E-state index contributed by atoms with van der Waals surface area (Å²) in [5.41, 5.74) is 1.04. The Morgan fingerprint density at radius 2 is 1.84 bits per heavy atom. The first-order chi connectivity index (χ1) is 11.9. The third-order valence-electron chi connectivity index (χ3n) is 3.85. The molecule has 0 aromatic heterocycles. The van der Waals surface area contributed by atoms with Gasteiger partial charge in [0, 0.05) is 6.07 Å². The molecule has 2 rings (SSSR count). The van der Waals surface area contributed by atoms with E-state index in [0.717, 1.165) is 24.5 Å². The number of nitrogens with zero attached hydrogens (tertiary/aromatic N) is 1. The fourth-order valence-electron chi connectivity index (χ4n) is 2.55. The van der Waals surface area contributed by atoms with E-state index >= 15 is 0 Å². The summed E-state index contributed by atoms with van der Waals surface area (Å²) in [4.78, 5) is 10.7. The lowest BCUT2D eigenvalue weighted by Gasteiger charge is -2.20. The lowest BCUT2D eigenvalue weighted by atomic mass is 10.0. The predicted molar refractivity (Wildman–Crippen MR) is 97.1 cm³/mol. The molecule has 1 atom stereocenters. The number of hydrogen-bond donors (Lipinski definition) is 2. The highest BCUT2D eigenvalue weighted by atomic mass is 32.2. The molecular formula is C17H21N3O4S. The first-order valence-electron chi connectivity index (χ1n) is 7.92. The maximum Gasteiger partial charge on any atom is 0.293 e. The number of nitro benzene ring substituents is 1. The second kappa shape index (κ2) is 8.09. The third kappa shape index (κ3) is 4.55. The molecule has 2 N–H and O–H groups in total. The summed E-state index contributed by atoms with van der Waals surface area (Å²) in [5, 5.41) is 14.6. The smallest absolute Gasteiger partial charge is 0.293 e. The van der Waals surface area contributed by atoms with Gasteiger partial charge in [0.2, 0.25) is 10.0 Å². The molecule has 25 heavy (non-hydrogen) atoms. The zero-order chi connectivity index (χ0) is 18.4. The highest BCUT2D eigenvalue weighted by Crippen LogP contribution is 2.32. The Morgan fingerprint density at radius 1 is 1.16 bits per heavy atom. The Kier molecular flexibility index (Phi) is 6.11. The number of anilines is 1. The van der Waals surface area contributed by atoms with Crippen molar-refractivity contribution in [2.45, 2.75) is 30.7 Å². The lowest BCUT2D eigenvalue weighted by molar-refractivity contribution is -0.384. The van der Waals surface area contributed by atoms with Crippen molar-refractivity contribution in [1.29, 1.82) is 0 Å². The Morgan fingerprint density at radius 3 is 2.40 bits per heavy atom. The van der Waals surface area contributed by atoms with Gasteiger partial charge < -0.3 is 5.32 Å². The molecule has 7 nitrogen and oxygen atoms in total. The van der Waals surface area contributed by atoms with Gasteiger partial charge in [-0.15, -0.1) is 0 Å². The van der Waals surface area contributed by atoms with E-state index in [4.69, 9.17) is 0 Å². The molecule has 0 fully saturated rings. The first kappa shape index (κ1) is 18.9. The second-order valence-corrected chi connectivity index (χ2v) is 7.43. The number of rotatable bonds is 8. The van der Waals surface area contributed by atoms with Crippen molar-refractivity contribution >= 4 is 21.4 Å². The molecule has 0 aliphatic rings. The van der Waals surface area contributed by atoms with Crippen LogP contribution in [-0.2, 0) is 10.0 Å². The largest absolute Gasteiger partial charge is 0.373 e. The maximum atomic E-state index is 11.9. The minimum absolute atomic E-state index is 0.100. The van der Waals surface area contributed by atoms with E-state index in [1.54, 1.807) is 0 Å². The number of nitrogens with one attached hydrogen (secondary N) is 2. The molecule has 0 radical (unpaired) electrons. The SMILES string of the molecule is CCC[C@H](Nc1ccc(S(=O)(=O)NC)cc1[N+](=O)[O-])c1ccccc1. The molecule has 0 aliphatic carbocycles. The Balaban J connectivity index is 2.42. The topological polar surface area (TPSA) is 101 Å². The van der Waals surface area contributed by atoms with Crippen molar-refractivity contribution in [3.8, 4) is 0 Å². The molecule has 0 saturated heterocycles. The Labute approximate surface area is 147 Å². The van der Waals surface area contributed by atoms with Gasteiger partial charge in [-0.05, 0) is 31.2 Å². The van der Waals surface area contributed by atoms with Gasteiger partial charge >= 0.3 is 0 Å². The van der Waals surface area contributed by atoms with Gasteiger partial charge in [0.05, 0.1) is 15.9 Å². The molecule has 134 valence electrons.